The van der Waals surface area contributed by atoms with Gasteiger partial charge in [0.15, 0.2) is 6.23 Å². The summed E-state index contributed by atoms with van der Waals surface area (Å²) >= 11 is 0. The van der Waals surface area contributed by atoms with Crippen molar-refractivity contribution in [2.75, 3.05) is 6.54 Å². The van der Waals surface area contributed by atoms with Crippen molar-refractivity contribution >= 4 is 17.7 Å². The maximum atomic E-state index is 12.6. The summed E-state index contributed by atoms with van der Waals surface area (Å²) in [5.74, 6) is -1.47. The molecule has 3 heterocycles. The number of amides is 3. The van der Waals surface area contributed by atoms with Gasteiger partial charge in [-0.15, -0.1) is 0 Å². The lowest BCUT2D eigenvalue weighted by Gasteiger charge is -2.39. The predicted octanol–water partition coefficient (Wildman–Crippen LogP) is -1.65. The normalized spacial score (nSPS) is 30.2. The van der Waals surface area contributed by atoms with Gasteiger partial charge in [0.25, 0.3) is 17.4 Å². The smallest absolute Gasteiger partial charge is 0.330 e. The molecule has 4 N–H and O–H groups in total. The van der Waals surface area contributed by atoms with Crippen LogP contribution in [0.5, 0.6) is 0 Å². The third-order valence-electron chi connectivity index (χ3n) is 6.61. The maximum absolute atomic E-state index is 12.6. The highest BCUT2D eigenvalue weighted by Crippen LogP contribution is 2.37. The Bertz CT molecular complexity index is 1240. The molecule has 2 fully saturated rings. The van der Waals surface area contributed by atoms with E-state index in [1.165, 1.54) is 4.90 Å². The molecule has 0 bridgehead atoms. The van der Waals surface area contributed by atoms with Gasteiger partial charge < -0.3 is 20.3 Å². The van der Waals surface area contributed by atoms with E-state index < -0.39 is 41.7 Å². The lowest BCUT2D eigenvalue weighted by Crippen LogP contribution is -2.52. The zero-order valence-corrected chi connectivity index (χ0v) is 17.8. The average molecular weight is 470 g/mol. The number of benzene rings is 1. The zero-order valence-electron chi connectivity index (χ0n) is 17.8. The molecule has 178 valence electrons. The van der Waals surface area contributed by atoms with E-state index in [9.17, 15) is 34.2 Å². The van der Waals surface area contributed by atoms with Crippen molar-refractivity contribution in [3.63, 3.8) is 0 Å². The van der Waals surface area contributed by atoms with E-state index in [1.54, 1.807) is 24.3 Å². The van der Waals surface area contributed by atoms with Crippen LogP contribution >= 0.6 is 0 Å². The Morgan fingerprint density at radius 3 is 2.29 bits per heavy atom. The molecular formula is C22H22N4O8. The van der Waals surface area contributed by atoms with E-state index in [0.717, 1.165) is 16.8 Å². The maximum Gasteiger partial charge on any atom is 0.330 e. The summed E-state index contributed by atoms with van der Waals surface area (Å²) < 4.78 is 6.52. The zero-order chi connectivity index (χ0) is 24.1. The third-order valence-corrected chi connectivity index (χ3v) is 6.61. The molecule has 3 aliphatic rings. The average Bonchev–Trinajstić information content (AvgIpc) is 3.20. The number of aromatic nitrogens is 2. The molecule has 1 aliphatic carbocycles. The fourth-order valence-corrected chi connectivity index (χ4v) is 4.65. The van der Waals surface area contributed by atoms with Gasteiger partial charge in [0.1, 0.15) is 18.3 Å². The lowest BCUT2D eigenvalue weighted by molar-refractivity contribution is -0.130. The summed E-state index contributed by atoms with van der Waals surface area (Å²) in [7, 11) is 0. The summed E-state index contributed by atoms with van der Waals surface area (Å²) in [6, 6.07) is 7.32. The van der Waals surface area contributed by atoms with Crippen molar-refractivity contribution in [3.8, 4) is 0 Å². The summed E-state index contributed by atoms with van der Waals surface area (Å²) in [6.45, 7) is -0.125. The van der Waals surface area contributed by atoms with Gasteiger partial charge in [-0.2, -0.15) is 0 Å². The van der Waals surface area contributed by atoms with E-state index in [-0.39, 0.29) is 30.3 Å². The van der Waals surface area contributed by atoms with E-state index in [2.05, 4.69) is 5.32 Å². The third kappa shape index (κ3) is 3.56. The first kappa shape index (κ1) is 22.2. The van der Waals surface area contributed by atoms with Crippen molar-refractivity contribution in [2.45, 2.75) is 43.4 Å². The molecule has 0 radical (unpaired) electrons. The van der Waals surface area contributed by atoms with Gasteiger partial charge in [-0.1, -0.05) is 12.1 Å². The monoisotopic (exact) mass is 470 g/mol. The lowest BCUT2D eigenvalue weighted by atomic mass is 9.78. The number of nitrogens with zero attached hydrogens (tertiary/aromatic N) is 2. The fraction of sp³-hybridized carbons (Fsp3) is 0.409. The van der Waals surface area contributed by atoms with Gasteiger partial charge in [-0.05, 0) is 25.0 Å². The molecule has 12 nitrogen and oxygen atoms in total. The molecule has 3 amide bonds. The number of rotatable bonds is 5. The number of nitrogens with one attached hydrogen (secondary N) is 2. The van der Waals surface area contributed by atoms with Crippen molar-refractivity contribution in [1.82, 2.24) is 19.8 Å². The summed E-state index contributed by atoms with van der Waals surface area (Å²) in [4.78, 5) is 64.1. The number of imide groups is 1. The molecule has 4 atom stereocenters. The molecule has 5 rings (SSSR count). The number of hydrogen-bond acceptors (Lipinski definition) is 8. The molecule has 2 aliphatic heterocycles. The van der Waals surface area contributed by atoms with Crippen LogP contribution < -0.4 is 16.6 Å². The number of aliphatic hydroxyl groups excluding tert-OH is 2. The number of aromatic amines is 1. The Kier molecular flexibility index (Phi) is 5.42. The van der Waals surface area contributed by atoms with Crippen LogP contribution in [0.3, 0.4) is 0 Å². The van der Waals surface area contributed by atoms with Crippen LogP contribution in [0.25, 0.3) is 0 Å². The number of ether oxygens (including phenoxy) is 1. The second-order valence-corrected chi connectivity index (χ2v) is 8.66. The summed E-state index contributed by atoms with van der Waals surface area (Å²) in [5.41, 5.74) is -0.690. The molecular weight excluding hydrogens is 448 g/mol. The first-order valence-electron chi connectivity index (χ1n) is 10.8. The Hall–Kier alpha value is -3.61. The minimum atomic E-state index is -1.45. The highest BCUT2D eigenvalue weighted by Gasteiger charge is 2.48. The summed E-state index contributed by atoms with van der Waals surface area (Å²) in [5, 5.41) is 23.2. The SMILES string of the molecule is O=C(NC[C@H]1O[C@@H](n2ccc(=O)[nH]c2=O)C(O)[C@H]1O)C1CC(N2C(=O)c3ccccc3C2=O)C1. The molecule has 12 heteroatoms. The molecule has 1 aromatic carbocycles. The van der Waals surface area contributed by atoms with Crippen LogP contribution in [-0.2, 0) is 9.53 Å². The van der Waals surface area contributed by atoms with Crippen molar-refractivity contribution in [2.24, 2.45) is 5.92 Å². The fourth-order valence-electron chi connectivity index (χ4n) is 4.65. The molecule has 2 aromatic rings. The minimum absolute atomic E-state index is 0.125. The van der Waals surface area contributed by atoms with E-state index in [0.29, 0.717) is 24.0 Å². The highest BCUT2D eigenvalue weighted by atomic mass is 16.6. The Morgan fingerprint density at radius 2 is 1.68 bits per heavy atom. The van der Waals surface area contributed by atoms with Gasteiger partial charge >= 0.3 is 5.69 Å². The van der Waals surface area contributed by atoms with E-state index in [4.69, 9.17) is 4.74 Å². The molecule has 1 saturated heterocycles. The van der Waals surface area contributed by atoms with Crippen LogP contribution in [0.2, 0.25) is 0 Å². The minimum Gasteiger partial charge on any atom is -0.387 e. The van der Waals surface area contributed by atoms with Crippen LogP contribution in [0.15, 0.2) is 46.1 Å². The Morgan fingerprint density at radius 1 is 1.03 bits per heavy atom. The second kappa shape index (κ2) is 8.31. The second-order valence-electron chi connectivity index (χ2n) is 8.66. The predicted molar refractivity (Wildman–Crippen MR) is 114 cm³/mol. The first-order valence-corrected chi connectivity index (χ1v) is 10.8. The standard InChI is InChI=1S/C22H22N4O8/c27-15-5-6-25(22(33)24-15)21-17(29)16(28)14(34-21)9-23-18(30)10-7-11(8-10)26-19(31)12-3-1-2-4-13(12)20(26)32/h1-6,10-11,14,16-17,21,28-29H,7-9H2,(H,23,30)(H,24,27,33)/t10?,11?,14-,16+,17?,21-/m1/s1. The summed E-state index contributed by atoms with van der Waals surface area (Å²) in [6.07, 6.45) is -3.26. The van der Waals surface area contributed by atoms with E-state index >= 15 is 0 Å². The van der Waals surface area contributed by atoms with Crippen LogP contribution in [-0.4, -0.2) is 73.3 Å². The number of aliphatic hydroxyl groups is 2. The number of hydrogen-bond donors (Lipinski definition) is 4. The largest absolute Gasteiger partial charge is 0.387 e. The van der Waals surface area contributed by atoms with Gasteiger partial charge in [0.2, 0.25) is 5.91 Å². The number of carbonyl (C=O) groups is 3. The Labute approximate surface area is 191 Å². The number of carbonyl (C=O) groups excluding carboxylic acids is 3. The van der Waals surface area contributed by atoms with E-state index in [1.807, 2.05) is 4.98 Å². The topological polar surface area (TPSA) is 171 Å². The van der Waals surface area contributed by atoms with Crippen molar-refractivity contribution < 1.29 is 29.3 Å². The quantitative estimate of drug-likeness (QED) is 0.376. The van der Waals surface area contributed by atoms with Crippen LogP contribution in [0, 0.1) is 5.92 Å². The Balaban J connectivity index is 1.16. The number of H-pyrrole nitrogens is 1. The molecule has 34 heavy (non-hydrogen) atoms. The van der Waals surface area contributed by atoms with Crippen molar-refractivity contribution in [3.05, 3.63) is 68.5 Å². The van der Waals surface area contributed by atoms with Crippen LogP contribution in [0.1, 0.15) is 39.8 Å². The molecule has 1 unspecified atom stereocenters. The molecule has 0 spiro atoms. The molecule has 1 saturated carbocycles. The highest BCUT2D eigenvalue weighted by molar-refractivity contribution is 6.21. The van der Waals surface area contributed by atoms with Crippen molar-refractivity contribution in [1.29, 1.82) is 0 Å². The molecule has 1 aromatic heterocycles. The van der Waals surface area contributed by atoms with Gasteiger partial charge in [-0.25, -0.2) is 4.79 Å². The van der Waals surface area contributed by atoms with Gasteiger partial charge in [0.05, 0.1) is 11.1 Å². The van der Waals surface area contributed by atoms with Gasteiger partial charge in [-0.3, -0.25) is 33.6 Å². The first-order chi connectivity index (χ1) is 16.3. The van der Waals surface area contributed by atoms with Gasteiger partial charge in [0, 0.05) is 30.8 Å². The number of fused-ring (bicyclic) bond motifs is 1. The van der Waals surface area contributed by atoms with Crippen LogP contribution in [0.4, 0.5) is 0 Å².